The van der Waals surface area contributed by atoms with Crippen LogP contribution in [0.5, 0.6) is 0 Å². The van der Waals surface area contributed by atoms with Crippen molar-refractivity contribution in [2.45, 2.75) is 79.1 Å². The van der Waals surface area contributed by atoms with E-state index in [9.17, 15) is 0 Å². The van der Waals surface area contributed by atoms with E-state index in [4.69, 9.17) is 0 Å². The molecule has 0 saturated carbocycles. The zero-order valence-electron chi connectivity index (χ0n) is 14.2. The van der Waals surface area contributed by atoms with Crippen LogP contribution < -0.4 is 0 Å². The number of rotatable bonds is 12. The van der Waals surface area contributed by atoms with E-state index in [0.29, 0.717) is 0 Å². The van der Waals surface area contributed by atoms with Crippen LogP contribution >= 0.6 is 12.3 Å². The summed E-state index contributed by atoms with van der Waals surface area (Å²) in [4.78, 5) is 0. The minimum absolute atomic E-state index is 0.644. The van der Waals surface area contributed by atoms with E-state index in [1.165, 1.54) is 76.0 Å². The molecule has 122 valence electrons. The van der Waals surface area contributed by atoms with Gasteiger partial charge in [-0.2, -0.15) is 0 Å². The van der Waals surface area contributed by atoms with E-state index < -0.39 is 5.51 Å². The van der Waals surface area contributed by atoms with Crippen molar-refractivity contribution in [3.8, 4) is 0 Å². The zero-order chi connectivity index (χ0) is 15.7. The van der Waals surface area contributed by atoms with Gasteiger partial charge in [-0.3, -0.25) is 0 Å². The van der Waals surface area contributed by atoms with Gasteiger partial charge in [0.1, 0.15) is 0 Å². The molecule has 0 aliphatic rings. The second-order valence-electron chi connectivity index (χ2n) is 5.54. The van der Waals surface area contributed by atoms with Gasteiger partial charge in [0.25, 0.3) is 0 Å². The van der Waals surface area contributed by atoms with Crippen molar-refractivity contribution in [2.75, 3.05) is 24.6 Å². The standard InChI is InChI=1S/C12H27PSe.C4H9PSe/c1-4-7-10-13(14,11-8-5-2)12-9-6-3;1-2-3-4-5-6/h4-12H2,1-3H3;2-4H2,1H3/p+1. The van der Waals surface area contributed by atoms with Crippen LogP contribution in [0.2, 0.25) is 0 Å². The first-order valence-electron chi connectivity index (χ1n) is 8.52. The molecule has 0 heterocycles. The molecule has 1 unspecified atom stereocenters. The van der Waals surface area contributed by atoms with Crippen LogP contribution in [0.3, 0.4) is 0 Å². The Hall–Kier alpha value is 1.77. The molecule has 0 radical (unpaired) electrons. The third-order valence-electron chi connectivity index (χ3n) is 3.39. The first-order chi connectivity index (χ1) is 9.60. The van der Waals surface area contributed by atoms with Crippen LogP contribution in [0, 0.1) is 0 Å². The number of hydrogen-bond donors (Lipinski definition) is 0. The van der Waals surface area contributed by atoms with E-state index >= 15 is 0 Å². The maximum atomic E-state index is 3.61. The molecule has 0 spiro atoms. The second kappa shape index (κ2) is 18.8. The fraction of sp³-hybridized carbons (Fsp3) is 1.00. The van der Waals surface area contributed by atoms with Gasteiger partial charge in [-0.25, -0.2) is 0 Å². The van der Waals surface area contributed by atoms with Crippen LogP contribution in [-0.4, -0.2) is 54.8 Å². The van der Waals surface area contributed by atoms with Crippen molar-refractivity contribution in [2.24, 2.45) is 0 Å². The van der Waals surface area contributed by atoms with E-state index in [1.54, 1.807) is 0 Å². The van der Waals surface area contributed by atoms with Gasteiger partial charge < -0.3 is 0 Å². The summed E-state index contributed by atoms with van der Waals surface area (Å²) in [5.41, 5.74) is -0.644. The fourth-order valence-corrected chi connectivity index (χ4v) is 9.12. The Balaban J connectivity index is 0. The van der Waals surface area contributed by atoms with Crippen LogP contribution in [0.4, 0.5) is 0 Å². The first-order valence-corrected chi connectivity index (χ1v) is 16.8. The van der Waals surface area contributed by atoms with E-state index in [0.717, 1.165) is 6.83 Å². The predicted octanol–water partition coefficient (Wildman–Crippen LogP) is 6.04. The molecule has 0 aromatic carbocycles. The van der Waals surface area contributed by atoms with E-state index in [-0.39, 0.29) is 0 Å². The first kappa shape index (κ1) is 24.0. The summed E-state index contributed by atoms with van der Waals surface area (Å²) >= 11 is 6.61. The van der Waals surface area contributed by atoms with Gasteiger partial charge in [-0.05, 0) is 0 Å². The molecular weight excluding hydrogens is 412 g/mol. The Kier molecular flexibility index (Phi) is 22.6. The molecule has 0 amide bonds. The van der Waals surface area contributed by atoms with Crippen molar-refractivity contribution < 1.29 is 0 Å². The molecule has 0 nitrogen and oxygen atoms in total. The number of hydrogen-bond acceptors (Lipinski definition) is 0. The maximum absolute atomic E-state index is 3.61. The molecule has 0 aliphatic heterocycles. The minimum atomic E-state index is -0.644. The van der Waals surface area contributed by atoms with Gasteiger partial charge in [0, 0.05) is 0 Å². The summed E-state index contributed by atoms with van der Waals surface area (Å²) in [5.74, 6) is 0. The van der Waals surface area contributed by atoms with Crippen molar-refractivity contribution >= 4 is 42.5 Å². The predicted molar refractivity (Wildman–Crippen MR) is 106 cm³/mol. The third-order valence-corrected chi connectivity index (χ3v) is 12.1. The Bertz CT molecular complexity index is 214. The SMILES string of the molecule is CCCCP(=[Se])(CCCC)CCCC.CCCC[PH+]=[Se]. The van der Waals surface area contributed by atoms with Crippen molar-refractivity contribution in [1.29, 1.82) is 0 Å². The quantitative estimate of drug-likeness (QED) is 0.194. The Morgan fingerprint density at radius 2 is 1.05 bits per heavy atom. The normalized spacial score (nSPS) is 11.2. The molecule has 4 heteroatoms. The van der Waals surface area contributed by atoms with Crippen molar-refractivity contribution in [3.63, 3.8) is 0 Å². The van der Waals surface area contributed by atoms with Crippen LogP contribution in [0.1, 0.15) is 79.1 Å². The summed E-state index contributed by atoms with van der Waals surface area (Å²) in [6.07, 6.45) is 17.0. The van der Waals surface area contributed by atoms with Gasteiger partial charge in [-0.1, -0.05) is 0 Å². The van der Waals surface area contributed by atoms with Gasteiger partial charge in [0.15, 0.2) is 0 Å². The fourth-order valence-electron chi connectivity index (χ4n) is 1.92. The molecule has 0 rings (SSSR count). The molecule has 0 bridgehead atoms. The Morgan fingerprint density at radius 1 is 0.700 bits per heavy atom. The summed E-state index contributed by atoms with van der Waals surface area (Å²) in [7, 11) is 0. The second-order valence-corrected chi connectivity index (χ2v) is 16.5. The molecule has 20 heavy (non-hydrogen) atoms. The van der Waals surface area contributed by atoms with E-state index in [2.05, 4.69) is 57.9 Å². The monoisotopic (exact) mass is 451 g/mol. The molecule has 0 aliphatic carbocycles. The van der Waals surface area contributed by atoms with Gasteiger partial charge in [-0.15, -0.1) is 0 Å². The molecule has 0 saturated heterocycles. The average Bonchev–Trinajstić information content (AvgIpc) is 2.47. The molecule has 0 aromatic heterocycles. The van der Waals surface area contributed by atoms with Crippen LogP contribution in [0.25, 0.3) is 0 Å². The van der Waals surface area contributed by atoms with Crippen molar-refractivity contribution in [1.82, 2.24) is 0 Å². The molecule has 1 atom stereocenters. The third kappa shape index (κ3) is 17.8. The number of unbranched alkanes of at least 4 members (excludes halogenated alkanes) is 4. The summed E-state index contributed by atoms with van der Waals surface area (Å²) in [6.45, 7) is 10.2. The van der Waals surface area contributed by atoms with E-state index in [1.807, 2.05) is 0 Å². The summed E-state index contributed by atoms with van der Waals surface area (Å²) < 4.78 is 0. The molecule has 0 aromatic rings. The van der Waals surface area contributed by atoms with Gasteiger partial charge >= 0.3 is 146 Å². The summed E-state index contributed by atoms with van der Waals surface area (Å²) in [6, 6.07) is 0. The zero-order valence-corrected chi connectivity index (χ0v) is 19.6. The van der Waals surface area contributed by atoms with Crippen molar-refractivity contribution in [3.05, 3.63) is 0 Å². The topological polar surface area (TPSA) is 0 Å². The van der Waals surface area contributed by atoms with Crippen LogP contribution in [0.15, 0.2) is 0 Å². The van der Waals surface area contributed by atoms with Crippen LogP contribution in [-0.2, 0) is 0 Å². The Labute approximate surface area is 145 Å². The van der Waals surface area contributed by atoms with Gasteiger partial charge in [0.05, 0.1) is 0 Å². The Morgan fingerprint density at radius 3 is 1.25 bits per heavy atom. The summed E-state index contributed by atoms with van der Waals surface area (Å²) in [5, 5.41) is 0. The molecule has 0 fully saturated rings. The molecular formula is C16H37P2Se2+. The average molecular weight is 449 g/mol. The molecule has 0 N–H and O–H groups in total. The van der Waals surface area contributed by atoms with Gasteiger partial charge in [0.2, 0.25) is 0 Å².